The van der Waals surface area contributed by atoms with Crippen molar-refractivity contribution in [1.82, 2.24) is 4.90 Å². The zero-order valence-corrected chi connectivity index (χ0v) is 23.6. The Morgan fingerprint density at radius 2 is 1.29 bits per heavy atom. The van der Waals surface area contributed by atoms with E-state index < -0.39 is 11.9 Å². The smallest absolute Gasteiger partial charge is 0.338 e. The molecule has 2 aliphatic heterocycles. The molecule has 0 atom stereocenters. The monoisotopic (exact) mass is 569 g/mol. The van der Waals surface area contributed by atoms with Gasteiger partial charge in [-0.1, -0.05) is 12.2 Å². The highest BCUT2D eigenvalue weighted by Crippen LogP contribution is 2.35. The summed E-state index contributed by atoms with van der Waals surface area (Å²) in [5.74, 6) is -0.0943. The first-order chi connectivity index (χ1) is 19.9. The van der Waals surface area contributed by atoms with E-state index in [2.05, 4.69) is 15.5 Å². The standard InChI is InChI=1S/C29H39N5O7/c1-3-38-28(35)19-13-22(30)26-24(15-19)40-17-21(34-9-11-37-12-10-34)18-41-25-16-20(29(36)39-4-2)14-23(31)27(25)33-8-6-5-7-32-26/h5-6,13-16,21,32-33H,3-4,7-12,17-18,30-31H2,1-2H3/b6-5+. The van der Waals surface area contributed by atoms with Crippen LogP contribution in [0.1, 0.15) is 34.6 Å². The number of ether oxygens (including phenoxy) is 5. The number of rotatable bonds is 5. The number of esters is 2. The molecule has 0 aliphatic carbocycles. The first-order valence-corrected chi connectivity index (χ1v) is 13.8. The van der Waals surface area contributed by atoms with E-state index in [1.807, 2.05) is 12.2 Å². The molecule has 4 rings (SSSR count). The largest absolute Gasteiger partial charge is 0.490 e. The quantitative estimate of drug-likeness (QED) is 0.237. The molecule has 222 valence electrons. The fraction of sp³-hybridized carbons (Fsp3) is 0.448. The molecule has 12 heteroatoms. The van der Waals surface area contributed by atoms with Gasteiger partial charge in [-0.15, -0.1) is 0 Å². The molecule has 0 unspecified atom stereocenters. The second kappa shape index (κ2) is 14.5. The molecule has 2 aromatic rings. The van der Waals surface area contributed by atoms with Crippen molar-refractivity contribution >= 4 is 34.7 Å². The van der Waals surface area contributed by atoms with Crippen LogP contribution in [0.4, 0.5) is 22.7 Å². The SMILES string of the molecule is CCOC(=O)c1cc(N)c2c(c1)OCC(N1CCOCC1)COc1cc(C(=O)OCC)cc(N)c1NC/C=C/CN2. The van der Waals surface area contributed by atoms with Gasteiger partial charge in [0.2, 0.25) is 0 Å². The summed E-state index contributed by atoms with van der Waals surface area (Å²) in [4.78, 5) is 27.2. The van der Waals surface area contributed by atoms with Crippen molar-refractivity contribution < 1.29 is 33.3 Å². The third-order valence-electron chi connectivity index (χ3n) is 6.67. The lowest BCUT2D eigenvalue weighted by Gasteiger charge is -2.34. The highest BCUT2D eigenvalue weighted by molar-refractivity contribution is 5.94. The lowest BCUT2D eigenvalue weighted by molar-refractivity contribution is -0.00559. The van der Waals surface area contributed by atoms with Crippen molar-refractivity contribution in [3.8, 4) is 11.5 Å². The fourth-order valence-corrected chi connectivity index (χ4v) is 4.61. The predicted molar refractivity (Wildman–Crippen MR) is 157 cm³/mol. The maximum atomic E-state index is 12.5. The highest BCUT2D eigenvalue weighted by Gasteiger charge is 2.25. The van der Waals surface area contributed by atoms with Crippen molar-refractivity contribution in [2.24, 2.45) is 0 Å². The number of benzene rings is 2. The summed E-state index contributed by atoms with van der Waals surface area (Å²) in [7, 11) is 0. The summed E-state index contributed by atoms with van der Waals surface area (Å²) in [6, 6.07) is 6.23. The molecule has 0 spiro atoms. The molecule has 0 radical (unpaired) electrons. The van der Waals surface area contributed by atoms with Crippen LogP contribution in [-0.2, 0) is 14.2 Å². The van der Waals surface area contributed by atoms with Crippen LogP contribution in [0.5, 0.6) is 11.5 Å². The number of fused-ring (bicyclic) bond motifs is 2. The van der Waals surface area contributed by atoms with Gasteiger partial charge in [-0.2, -0.15) is 0 Å². The van der Waals surface area contributed by atoms with Gasteiger partial charge in [-0.25, -0.2) is 9.59 Å². The second-order valence-corrected chi connectivity index (χ2v) is 9.48. The number of carbonyl (C=O) groups excluding carboxylic acids is 2. The van der Waals surface area contributed by atoms with Gasteiger partial charge in [0, 0.05) is 26.2 Å². The minimum atomic E-state index is -0.480. The van der Waals surface area contributed by atoms with Crippen LogP contribution >= 0.6 is 0 Å². The Morgan fingerprint density at radius 1 is 0.829 bits per heavy atom. The Kier molecular flexibility index (Phi) is 10.5. The van der Waals surface area contributed by atoms with E-state index in [1.54, 1.807) is 38.1 Å². The molecule has 6 N–H and O–H groups in total. The summed E-state index contributed by atoms with van der Waals surface area (Å²) in [5.41, 5.74) is 15.2. The maximum absolute atomic E-state index is 12.5. The Labute approximate surface area is 239 Å². The summed E-state index contributed by atoms with van der Waals surface area (Å²) in [6.07, 6.45) is 3.85. The van der Waals surface area contributed by atoms with Crippen LogP contribution in [0.3, 0.4) is 0 Å². The summed E-state index contributed by atoms with van der Waals surface area (Å²) >= 11 is 0. The van der Waals surface area contributed by atoms with Crippen molar-refractivity contribution in [1.29, 1.82) is 0 Å². The fourth-order valence-electron chi connectivity index (χ4n) is 4.61. The average molecular weight is 570 g/mol. The van der Waals surface area contributed by atoms with E-state index >= 15 is 0 Å². The summed E-state index contributed by atoms with van der Waals surface area (Å²) in [5, 5.41) is 6.60. The van der Waals surface area contributed by atoms with E-state index in [1.165, 1.54) is 0 Å². The molecule has 41 heavy (non-hydrogen) atoms. The number of carbonyl (C=O) groups is 2. The first-order valence-electron chi connectivity index (χ1n) is 13.8. The number of nitrogens with two attached hydrogens (primary N) is 2. The molecule has 12 nitrogen and oxygen atoms in total. The lowest BCUT2D eigenvalue weighted by Crippen LogP contribution is -2.49. The van der Waals surface area contributed by atoms with Crippen LogP contribution in [-0.4, -0.2) is 88.7 Å². The second-order valence-electron chi connectivity index (χ2n) is 9.48. The predicted octanol–water partition coefficient (Wildman–Crippen LogP) is 2.76. The Bertz CT molecular complexity index is 1160. The van der Waals surface area contributed by atoms with E-state index in [9.17, 15) is 9.59 Å². The number of hydrogen-bond acceptors (Lipinski definition) is 12. The molecule has 0 bridgehead atoms. The molecule has 1 saturated heterocycles. The zero-order valence-electron chi connectivity index (χ0n) is 23.6. The summed E-state index contributed by atoms with van der Waals surface area (Å²) in [6.45, 7) is 7.88. The molecule has 0 aromatic heterocycles. The van der Waals surface area contributed by atoms with Crippen LogP contribution in [0.15, 0.2) is 36.4 Å². The van der Waals surface area contributed by atoms with E-state index in [4.69, 9.17) is 35.2 Å². The van der Waals surface area contributed by atoms with E-state index in [0.29, 0.717) is 84.8 Å². The van der Waals surface area contributed by atoms with Gasteiger partial charge in [-0.3, -0.25) is 4.90 Å². The van der Waals surface area contributed by atoms with Crippen molar-refractivity contribution in [2.75, 3.05) is 87.9 Å². The van der Waals surface area contributed by atoms with Crippen molar-refractivity contribution in [3.63, 3.8) is 0 Å². The third-order valence-corrected chi connectivity index (χ3v) is 6.67. The number of morpholine rings is 1. The topological polar surface area (TPSA) is 160 Å². The van der Waals surface area contributed by atoms with Gasteiger partial charge < -0.3 is 45.8 Å². The molecular formula is C29H39N5O7. The van der Waals surface area contributed by atoms with Crippen LogP contribution < -0.4 is 31.6 Å². The molecule has 2 aromatic carbocycles. The number of anilines is 4. The third kappa shape index (κ3) is 7.74. The minimum absolute atomic E-state index is 0.206. The normalized spacial score (nSPS) is 17.5. The molecule has 0 amide bonds. The van der Waals surface area contributed by atoms with Gasteiger partial charge in [0.05, 0.1) is 55.0 Å². The summed E-state index contributed by atoms with van der Waals surface area (Å²) < 4.78 is 28.6. The van der Waals surface area contributed by atoms with Gasteiger partial charge in [0.25, 0.3) is 0 Å². The van der Waals surface area contributed by atoms with E-state index in [-0.39, 0.29) is 32.5 Å². The zero-order chi connectivity index (χ0) is 29.2. The first kappa shape index (κ1) is 29.8. The van der Waals surface area contributed by atoms with Gasteiger partial charge in [0.1, 0.15) is 36.1 Å². The molecule has 2 aliphatic rings. The molecule has 2 heterocycles. The lowest BCUT2D eigenvalue weighted by atomic mass is 10.1. The number of nitrogen functional groups attached to an aromatic ring is 2. The van der Waals surface area contributed by atoms with Crippen molar-refractivity contribution in [3.05, 3.63) is 47.5 Å². The highest BCUT2D eigenvalue weighted by atomic mass is 16.5. The Hall–Kier alpha value is -4.16. The number of nitrogens with zero attached hydrogens (tertiary/aromatic N) is 1. The van der Waals surface area contributed by atoms with Crippen LogP contribution in [0, 0.1) is 0 Å². The van der Waals surface area contributed by atoms with Gasteiger partial charge in [0.15, 0.2) is 0 Å². The molecule has 0 saturated carbocycles. The van der Waals surface area contributed by atoms with Gasteiger partial charge >= 0.3 is 11.9 Å². The molecular weight excluding hydrogens is 530 g/mol. The minimum Gasteiger partial charge on any atom is -0.490 e. The molecule has 1 fully saturated rings. The van der Waals surface area contributed by atoms with E-state index in [0.717, 1.165) is 0 Å². The van der Waals surface area contributed by atoms with Crippen molar-refractivity contribution in [2.45, 2.75) is 19.9 Å². The average Bonchev–Trinajstić information content (AvgIpc) is 2.97. The van der Waals surface area contributed by atoms with Crippen LogP contribution in [0.25, 0.3) is 0 Å². The number of nitrogens with one attached hydrogen (secondary N) is 2. The Balaban J connectivity index is 1.68. The van der Waals surface area contributed by atoms with Crippen LogP contribution in [0.2, 0.25) is 0 Å². The Morgan fingerprint density at radius 3 is 1.73 bits per heavy atom. The number of hydrogen-bond donors (Lipinski definition) is 4. The van der Waals surface area contributed by atoms with Gasteiger partial charge in [-0.05, 0) is 38.1 Å². The maximum Gasteiger partial charge on any atom is 0.338 e.